The number of carbonyl (C=O) groups is 1. The molecular weight excluding hydrogens is 571 g/mol. The minimum Gasteiger partial charge on any atom is -0.505 e. The average Bonchev–Trinajstić information content (AvgIpc) is 2.73. The van der Waals surface area contributed by atoms with Gasteiger partial charge in [0.15, 0.2) is 5.75 Å². The number of phenolic OH excluding ortho intramolecular Hbond substituents is 1. The number of benzene rings is 1. The zero-order chi connectivity index (χ0) is 29.0. The molecule has 7 nitrogen and oxygen atoms in total. The number of sulfonamides is 1. The maximum Gasteiger partial charge on any atom is 0.410 e. The predicted molar refractivity (Wildman–Crippen MR) is 154 cm³/mol. The Morgan fingerprint density at radius 2 is 1.71 bits per heavy atom. The topological polar surface area (TPSA) is 87.2 Å². The monoisotopic (exact) mass is 608 g/mol. The van der Waals surface area contributed by atoms with Crippen molar-refractivity contribution in [2.75, 3.05) is 26.2 Å². The van der Waals surface area contributed by atoms with E-state index in [0.717, 1.165) is 0 Å². The van der Waals surface area contributed by atoms with Crippen molar-refractivity contribution in [1.82, 2.24) is 9.21 Å². The lowest BCUT2D eigenvalue weighted by Crippen LogP contribution is -2.41. The van der Waals surface area contributed by atoms with Crippen LogP contribution in [0.25, 0.3) is 0 Å². The lowest BCUT2D eigenvalue weighted by atomic mass is 9.95. The first-order valence-corrected chi connectivity index (χ1v) is 15.2. The average molecular weight is 610 g/mol. The number of amides is 1. The van der Waals surface area contributed by atoms with Crippen molar-refractivity contribution >= 4 is 50.9 Å². The number of nitrogens with zero attached hydrogens (tertiary/aromatic N) is 2. The number of rotatable bonds is 10. The third-order valence-corrected chi connectivity index (χ3v) is 8.07. The summed E-state index contributed by atoms with van der Waals surface area (Å²) >= 11 is 18.6. The molecule has 1 amide bonds. The van der Waals surface area contributed by atoms with Gasteiger partial charge in [-0.2, -0.15) is 4.31 Å². The Morgan fingerprint density at radius 1 is 1.11 bits per heavy atom. The van der Waals surface area contributed by atoms with E-state index in [1.54, 1.807) is 11.0 Å². The van der Waals surface area contributed by atoms with Crippen molar-refractivity contribution in [1.29, 1.82) is 0 Å². The Morgan fingerprint density at radius 3 is 2.26 bits per heavy atom. The van der Waals surface area contributed by atoms with Crippen molar-refractivity contribution in [3.8, 4) is 5.75 Å². The van der Waals surface area contributed by atoms with Gasteiger partial charge in [0.05, 0.1) is 5.02 Å². The lowest BCUT2D eigenvalue weighted by molar-refractivity contribution is 0.0208. The molecule has 1 aliphatic rings. The zero-order valence-corrected chi connectivity index (χ0v) is 26.2. The molecule has 0 aliphatic heterocycles. The van der Waals surface area contributed by atoms with Crippen LogP contribution in [0.2, 0.25) is 10.0 Å². The summed E-state index contributed by atoms with van der Waals surface area (Å²) in [5.41, 5.74) is 0.0644. The molecule has 0 aromatic heterocycles. The summed E-state index contributed by atoms with van der Waals surface area (Å²) in [6.07, 6.45) is 3.83. The number of halogens is 3. The molecule has 0 radical (unpaired) electrons. The standard InChI is InChI=1S/C27H39Cl3N2O5S/c1-17(2)13-31(26(34)37-27(5,6)7)15-19-8-20(10-21(28)9-19)16-32(14-18(3)4)38(35,36)24-12-22(29)11-23(30)25(24)33/h8,10-12,17-19,33H,9,13-16H2,1-7H3. The number of aromatic hydroxyl groups is 1. The van der Waals surface area contributed by atoms with Gasteiger partial charge >= 0.3 is 6.09 Å². The molecule has 0 heterocycles. The Kier molecular flexibility index (Phi) is 11.4. The number of ether oxygens (including phenoxy) is 1. The zero-order valence-electron chi connectivity index (χ0n) is 23.1. The van der Waals surface area contributed by atoms with Crippen LogP contribution in [0.4, 0.5) is 4.79 Å². The van der Waals surface area contributed by atoms with Crippen molar-refractivity contribution in [3.63, 3.8) is 0 Å². The van der Waals surface area contributed by atoms with Gasteiger partial charge < -0.3 is 14.7 Å². The third kappa shape index (κ3) is 9.63. The molecule has 0 fully saturated rings. The SMILES string of the molecule is CC(C)CN(CC1C=C(CN(CC(C)C)S(=O)(=O)c2cc(Cl)cc(Cl)c2O)C=C(Cl)C1)C(=O)OC(C)(C)C. The number of phenols is 1. The minimum absolute atomic E-state index is 0.00489. The Bertz CT molecular complexity index is 1170. The van der Waals surface area contributed by atoms with Crippen molar-refractivity contribution < 1.29 is 23.1 Å². The van der Waals surface area contributed by atoms with Gasteiger partial charge in [-0.3, -0.25) is 0 Å². The van der Waals surface area contributed by atoms with Crippen LogP contribution >= 0.6 is 34.8 Å². The van der Waals surface area contributed by atoms with E-state index < -0.39 is 27.5 Å². The van der Waals surface area contributed by atoms with Crippen molar-refractivity contribution in [3.05, 3.63) is 44.9 Å². The number of hydrogen-bond acceptors (Lipinski definition) is 5. The molecular formula is C27H39Cl3N2O5S. The van der Waals surface area contributed by atoms with Crippen molar-refractivity contribution in [2.45, 2.75) is 65.4 Å². The second kappa shape index (κ2) is 13.3. The smallest absolute Gasteiger partial charge is 0.410 e. The van der Waals surface area contributed by atoms with E-state index in [4.69, 9.17) is 39.5 Å². The van der Waals surface area contributed by atoms with Crippen LogP contribution in [0.3, 0.4) is 0 Å². The van der Waals surface area contributed by atoms with Gasteiger partial charge in [-0.15, -0.1) is 0 Å². The first-order chi connectivity index (χ1) is 17.4. The van der Waals surface area contributed by atoms with Crippen LogP contribution in [0.1, 0.15) is 54.9 Å². The van der Waals surface area contributed by atoms with Gasteiger partial charge in [-0.25, -0.2) is 13.2 Å². The molecule has 214 valence electrons. The molecule has 0 bridgehead atoms. The van der Waals surface area contributed by atoms with E-state index in [0.29, 0.717) is 30.1 Å². The summed E-state index contributed by atoms with van der Waals surface area (Å²) in [5.74, 6) is -0.457. The van der Waals surface area contributed by atoms with Crippen LogP contribution in [-0.4, -0.2) is 60.6 Å². The van der Waals surface area contributed by atoms with E-state index in [9.17, 15) is 18.3 Å². The summed E-state index contributed by atoms with van der Waals surface area (Å²) in [6.45, 7) is 14.4. The first-order valence-electron chi connectivity index (χ1n) is 12.6. The molecule has 1 atom stereocenters. The predicted octanol–water partition coefficient (Wildman–Crippen LogP) is 7.31. The van der Waals surface area contributed by atoms with Gasteiger partial charge in [0, 0.05) is 42.2 Å². The molecule has 1 aromatic rings. The molecule has 1 aromatic carbocycles. The van der Waals surface area contributed by atoms with E-state index in [1.165, 1.54) is 16.4 Å². The largest absolute Gasteiger partial charge is 0.505 e. The van der Waals surface area contributed by atoms with Gasteiger partial charge in [0.1, 0.15) is 10.5 Å². The third-order valence-electron chi connectivity index (χ3n) is 5.48. The van der Waals surface area contributed by atoms with Gasteiger partial charge in [0.25, 0.3) is 0 Å². The Balaban J connectivity index is 2.38. The van der Waals surface area contributed by atoms with Crippen LogP contribution in [0.5, 0.6) is 5.75 Å². The highest BCUT2D eigenvalue weighted by atomic mass is 35.5. The Labute approximate surface area is 242 Å². The molecule has 0 saturated carbocycles. The van der Waals surface area contributed by atoms with E-state index in [-0.39, 0.29) is 45.8 Å². The highest BCUT2D eigenvalue weighted by Crippen LogP contribution is 2.37. The maximum absolute atomic E-state index is 13.6. The summed E-state index contributed by atoms with van der Waals surface area (Å²) in [4.78, 5) is 14.2. The summed E-state index contributed by atoms with van der Waals surface area (Å²) < 4.78 is 34.2. The molecule has 1 unspecified atom stereocenters. The van der Waals surface area contributed by atoms with Gasteiger partial charge in [-0.1, -0.05) is 68.6 Å². The number of allylic oxidation sites excluding steroid dienone is 1. The molecule has 1 aliphatic carbocycles. The quantitative estimate of drug-likeness (QED) is 0.301. The van der Waals surface area contributed by atoms with Crippen LogP contribution < -0.4 is 0 Å². The fourth-order valence-corrected chi connectivity index (χ4v) is 6.82. The highest BCUT2D eigenvalue weighted by Gasteiger charge is 2.31. The lowest BCUT2D eigenvalue weighted by Gasteiger charge is -2.32. The minimum atomic E-state index is -4.16. The first kappa shape index (κ1) is 32.8. The molecule has 38 heavy (non-hydrogen) atoms. The number of carbonyl (C=O) groups excluding carboxylic acids is 1. The van der Waals surface area contributed by atoms with Crippen LogP contribution in [-0.2, 0) is 14.8 Å². The molecule has 11 heteroatoms. The molecule has 0 saturated heterocycles. The summed E-state index contributed by atoms with van der Waals surface area (Å²) in [6, 6.07) is 2.48. The fraction of sp³-hybridized carbons (Fsp3) is 0.593. The summed E-state index contributed by atoms with van der Waals surface area (Å²) in [5, 5.41) is 11.0. The molecule has 1 N–H and O–H groups in total. The van der Waals surface area contributed by atoms with Crippen LogP contribution in [0, 0.1) is 17.8 Å². The second-order valence-electron chi connectivity index (χ2n) is 11.5. The van der Waals surface area contributed by atoms with Crippen molar-refractivity contribution in [2.24, 2.45) is 17.8 Å². The fourth-order valence-electron chi connectivity index (χ4n) is 4.15. The van der Waals surface area contributed by atoms with Gasteiger partial charge in [0.2, 0.25) is 10.0 Å². The number of hydrogen-bond donors (Lipinski definition) is 1. The van der Waals surface area contributed by atoms with E-state index in [2.05, 4.69) is 0 Å². The molecule has 2 rings (SSSR count). The normalized spacial score (nSPS) is 16.6. The highest BCUT2D eigenvalue weighted by molar-refractivity contribution is 7.89. The second-order valence-corrected chi connectivity index (χ2v) is 14.7. The summed E-state index contributed by atoms with van der Waals surface area (Å²) in [7, 11) is -4.16. The van der Waals surface area contributed by atoms with Gasteiger partial charge in [-0.05, 0) is 62.8 Å². The maximum atomic E-state index is 13.6. The molecule has 0 spiro atoms. The Hall–Kier alpha value is -1.45. The van der Waals surface area contributed by atoms with E-state index >= 15 is 0 Å². The van der Waals surface area contributed by atoms with E-state index in [1.807, 2.05) is 54.5 Å². The van der Waals surface area contributed by atoms with Crippen LogP contribution in [0.15, 0.2) is 39.8 Å².